The number of hydrogen-bond acceptors (Lipinski definition) is 7. The lowest BCUT2D eigenvalue weighted by Gasteiger charge is -2.32. The number of fused-ring (bicyclic) bond motifs is 3. The molecule has 37 heavy (non-hydrogen) atoms. The fourth-order valence-electron chi connectivity index (χ4n) is 4.38. The first kappa shape index (κ1) is 26.4. The average molecular weight is 524 g/mol. The van der Waals surface area contributed by atoms with Crippen molar-refractivity contribution in [2.45, 2.75) is 57.8 Å². The topological polar surface area (TPSA) is 105 Å². The molecule has 2 heterocycles. The first-order valence-electron chi connectivity index (χ1n) is 12.4. The third kappa shape index (κ3) is 5.24. The van der Waals surface area contributed by atoms with Gasteiger partial charge in [-0.15, -0.1) is 0 Å². The molecule has 0 bridgehead atoms. The van der Waals surface area contributed by atoms with Crippen molar-refractivity contribution in [1.29, 1.82) is 0 Å². The monoisotopic (exact) mass is 523 g/mol. The number of anilines is 1. The lowest BCUT2D eigenvalue weighted by molar-refractivity contribution is -0.763. The minimum absolute atomic E-state index is 0.0951. The molecular weight excluding hydrogens is 492 g/mol. The van der Waals surface area contributed by atoms with Gasteiger partial charge in [0.2, 0.25) is 11.1 Å². The molecule has 0 saturated heterocycles. The van der Waals surface area contributed by atoms with E-state index in [9.17, 15) is 14.4 Å². The first-order valence-corrected chi connectivity index (χ1v) is 13.6. The minimum Gasteiger partial charge on any atom is -0.490 e. The van der Waals surface area contributed by atoms with Gasteiger partial charge in [-0.1, -0.05) is 37.7 Å². The Bertz CT molecular complexity index is 1370. The molecule has 1 aliphatic rings. The van der Waals surface area contributed by atoms with Gasteiger partial charge in [-0.2, -0.15) is 0 Å². The number of nitrogens with one attached hydrogen (secondary N) is 1. The first-order chi connectivity index (χ1) is 17.9. The Morgan fingerprint density at radius 2 is 1.84 bits per heavy atom. The Morgan fingerprint density at radius 3 is 2.54 bits per heavy atom. The maximum atomic E-state index is 13.6. The van der Waals surface area contributed by atoms with E-state index in [2.05, 4.69) is 4.98 Å². The summed E-state index contributed by atoms with van der Waals surface area (Å²) < 4.78 is 13.0. The van der Waals surface area contributed by atoms with E-state index in [1.54, 1.807) is 27.8 Å². The van der Waals surface area contributed by atoms with E-state index in [-0.39, 0.29) is 17.4 Å². The molecule has 1 amide bonds. The van der Waals surface area contributed by atoms with E-state index in [1.165, 1.54) is 11.8 Å². The number of para-hydroxylation sites is 1. The smallest absolute Gasteiger partial charge is 0.325 e. The van der Waals surface area contributed by atoms with E-state index in [0.717, 1.165) is 0 Å². The van der Waals surface area contributed by atoms with Crippen LogP contribution in [0, 0.1) is 0 Å². The summed E-state index contributed by atoms with van der Waals surface area (Å²) in [4.78, 5) is 43.6. The second kappa shape index (κ2) is 11.6. The van der Waals surface area contributed by atoms with Gasteiger partial charge in [-0.05, 0) is 61.0 Å². The summed E-state index contributed by atoms with van der Waals surface area (Å²) in [6.45, 7) is 6.05. The minimum atomic E-state index is -0.753. The van der Waals surface area contributed by atoms with E-state index >= 15 is 0 Å². The highest BCUT2D eigenvalue weighted by atomic mass is 32.2. The summed E-state index contributed by atoms with van der Waals surface area (Å²) in [7, 11) is 0. The van der Waals surface area contributed by atoms with Crippen molar-refractivity contribution in [3.8, 4) is 22.8 Å². The van der Waals surface area contributed by atoms with Crippen LogP contribution in [0.5, 0.6) is 11.5 Å². The van der Waals surface area contributed by atoms with Gasteiger partial charge >= 0.3 is 17.2 Å². The maximum Gasteiger partial charge on any atom is 0.325 e. The summed E-state index contributed by atoms with van der Waals surface area (Å²) in [5.74, 6) is 0.242. The zero-order valence-corrected chi connectivity index (χ0v) is 22.3. The number of H-pyrrole nitrogens is 1. The Hall–Kier alpha value is -3.66. The number of esters is 1. The van der Waals surface area contributed by atoms with Gasteiger partial charge in [0.15, 0.2) is 11.5 Å². The molecule has 0 aliphatic carbocycles. The van der Waals surface area contributed by atoms with Gasteiger partial charge in [-0.3, -0.25) is 19.4 Å². The Labute approximate surface area is 219 Å². The third-order valence-corrected chi connectivity index (χ3v) is 6.50. The van der Waals surface area contributed by atoms with Crippen LogP contribution in [0.2, 0.25) is 0 Å². The second-order valence-corrected chi connectivity index (χ2v) is 9.32. The molecule has 4 rings (SSSR count). The Morgan fingerprint density at radius 1 is 1.08 bits per heavy atom. The molecule has 10 heteroatoms. The van der Waals surface area contributed by atoms with Gasteiger partial charge < -0.3 is 9.47 Å². The summed E-state index contributed by atoms with van der Waals surface area (Å²) in [6, 6.07) is 12.5. The number of carbonyl (C=O) groups excluding carboxylic acids is 2. The van der Waals surface area contributed by atoms with E-state index in [0.29, 0.717) is 71.5 Å². The summed E-state index contributed by atoms with van der Waals surface area (Å²) >= 11 is 1.31. The van der Waals surface area contributed by atoms with Crippen LogP contribution in [-0.4, -0.2) is 34.8 Å². The predicted molar refractivity (Wildman–Crippen MR) is 141 cm³/mol. The maximum absolute atomic E-state index is 13.6. The third-order valence-electron chi connectivity index (χ3n) is 5.93. The van der Waals surface area contributed by atoms with Crippen molar-refractivity contribution in [3.05, 3.63) is 58.4 Å². The van der Waals surface area contributed by atoms with Gasteiger partial charge in [0, 0.05) is 23.5 Å². The molecular formula is C27H31N4O5S+. The number of carbonyl (C=O) groups is 2. The number of amides is 1. The van der Waals surface area contributed by atoms with Crippen LogP contribution in [0.4, 0.5) is 5.69 Å². The number of thioether (sulfide) groups is 1. The van der Waals surface area contributed by atoms with Crippen LogP contribution >= 0.6 is 11.8 Å². The van der Waals surface area contributed by atoms with E-state index in [4.69, 9.17) is 14.6 Å². The summed E-state index contributed by atoms with van der Waals surface area (Å²) in [5.41, 5.74) is 1.98. The number of rotatable bonds is 9. The van der Waals surface area contributed by atoms with Crippen molar-refractivity contribution >= 4 is 29.3 Å². The fraction of sp³-hybridized carbons (Fsp3) is 0.370. The number of benzene rings is 2. The number of nitrogens with zero attached hydrogens (tertiary/aromatic N) is 3. The number of aromatic amines is 1. The summed E-state index contributed by atoms with van der Waals surface area (Å²) in [5, 5.41) is 5.14. The summed E-state index contributed by atoms with van der Waals surface area (Å²) in [6.07, 6.45) is 3.02. The van der Waals surface area contributed by atoms with Crippen molar-refractivity contribution in [3.63, 3.8) is 0 Å². The van der Waals surface area contributed by atoms with E-state index < -0.39 is 6.17 Å². The molecule has 1 N–H and O–H groups in total. The molecule has 2 aromatic carbocycles. The predicted octanol–water partition coefficient (Wildman–Crippen LogP) is 4.24. The van der Waals surface area contributed by atoms with Crippen molar-refractivity contribution in [2.24, 2.45) is 0 Å². The highest BCUT2D eigenvalue weighted by Gasteiger charge is 2.45. The highest BCUT2D eigenvalue weighted by molar-refractivity contribution is 7.98. The van der Waals surface area contributed by atoms with Gasteiger partial charge in [-0.25, -0.2) is 4.90 Å². The molecule has 0 fully saturated rings. The fourth-order valence-corrected chi connectivity index (χ4v) is 4.75. The standard InChI is InChI=1S/C27H30N4O5S/c1-5-10-22(32)30-19-13-9-8-12-18(19)24-25(34)28-27(37-4)29-31(24)26(30)17-14-15-20(21(16-17)35-7-3)36-23(33)11-6-2/h8-9,12-16,26H,5-7,10-11H2,1-4H3/p+1/t26-/m0/s1. The Kier molecular flexibility index (Phi) is 8.27. The lowest BCUT2D eigenvalue weighted by Crippen LogP contribution is -2.60. The normalized spacial score (nSPS) is 14.1. The molecule has 0 unspecified atom stereocenters. The zero-order valence-electron chi connectivity index (χ0n) is 21.4. The van der Waals surface area contributed by atoms with Crippen LogP contribution in [0.25, 0.3) is 11.3 Å². The van der Waals surface area contributed by atoms with Gasteiger partial charge in [0.25, 0.3) is 6.17 Å². The SMILES string of the molecule is CCCC(=O)Oc1ccc([C@H]2N(C(=O)CCC)c3ccccc3-c3c(=O)[nH]c(SC)n[n+]32)cc1OCC. The molecule has 194 valence electrons. The van der Waals surface area contributed by atoms with Crippen molar-refractivity contribution in [2.75, 3.05) is 17.8 Å². The molecule has 1 aliphatic heterocycles. The zero-order chi connectivity index (χ0) is 26.5. The van der Waals surface area contributed by atoms with E-state index in [1.807, 2.05) is 51.3 Å². The van der Waals surface area contributed by atoms with Crippen LogP contribution < -0.4 is 24.6 Å². The number of aromatic nitrogens is 3. The second-order valence-electron chi connectivity index (χ2n) is 8.52. The molecule has 9 nitrogen and oxygen atoms in total. The quantitative estimate of drug-likeness (QED) is 0.194. The average Bonchev–Trinajstić information content (AvgIpc) is 2.89. The number of ether oxygens (including phenoxy) is 2. The van der Waals surface area contributed by atoms with Gasteiger partial charge in [0.05, 0.1) is 17.9 Å². The van der Waals surface area contributed by atoms with Gasteiger partial charge in [0.1, 0.15) is 0 Å². The van der Waals surface area contributed by atoms with Crippen LogP contribution in [0.3, 0.4) is 0 Å². The lowest BCUT2D eigenvalue weighted by atomic mass is 10.0. The molecule has 0 spiro atoms. The molecule has 0 saturated carbocycles. The Balaban J connectivity index is 1.95. The largest absolute Gasteiger partial charge is 0.490 e. The highest BCUT2D eigenvalue weighted by Crippen LogP contribution is 2.40. The molecule has 1 atom stereocenters. The number of hydrogen-bond donors (Lipinski definition) is 1. The molecule has 0 radical (unpaired) electrons. The molecule has 1 aromatic heterocycles. The van der Waals surface area contributed by atoms with Crippen molar-refractivity contribution in [1.82, 2.24) is 10.1 Å². The van der Waals surface area contributed by atoms with Crippen LogP contribution in [0.15, 0.2) is 52.4 Å². The van der Waals surface area contributed by atoms with Crippen LogP contribution in [0.1, 0.15) is 58.2 Å². The van der Waals surface area contributed by atoms with Crippen LogP contribution in [-0.2, 0) is 9.59 Å². The van der Waals surface area contributed by atoms with Crippen molar-refractivity contribution < 1.29 is 23.7 Å². The molecule has 3 aromatic rings.